The Morgan fingerprint density at radius 2 is 2.32 bits per heavy atom. The molecule has 19 heavy (non-hydrogen) atoms. The Labute approximate surface area is 108 Å². The second-order valence-corrected chi connectivity index (χ2v) is 3.84. The molecule has 0 atom stereocenters. The fourth-order valence-corrected chi connectivity index (χ4v) is 1.54. The van der Waals surface area contributed by atoms with Crippen LogP contribution in [0.3, 0.4) is 0 Å². The van der Waals surface area contributed by atoms with Crippen LogP contribution in [0.5, 0.6) is 0 Å². The van der Waals surface area contributed by atoms with Crippen molar-refractivity contribution in [2.24, 2.45) is 0 Å². The van der Waals surface area contributed by atoms with Gasteiger partial charge in [-0.05, 0) is 6.42 Å². The minimum Gasteiger partial charge on any atom is -0.383 e. The Hall–Kier alpha value is -2.71. The third-order valence-corrected chi connectivity index (χ3v) is 2.38. The van der Waals surface area contributed by atoms with Crippen LogP contribution >= 0.6 is 0 Å². The van der Waals surface area contributed by atoms with Crippen molar-refractivity contribution >= 4 is 17.3 Å². The number of nitrogens with one attached hydrogen (secondary N) is 1. The van der Waals surface area contributed by atoms with Crippen molar-refractivity contribution in [2.75, 3.05) is 17.6 Å². The minimum absolute atomic E-state index is 0.0775. The van der Waals surface area contributed by atoms with Crippen molar-refractivity contribution < 1.29 is 4.92 Å². The first-order valence-corrected chi connectivity index (χ1v) is 5.65. The topological polar surface area (TPSA) is 125 Å². The lowest BCUT2D eigenvalue weighted by Crippen LogP contribution is -2.09. The summed E-state index contributed by atoms with van der Waals surface area (Å²) in [4.78, 5) is 14.1. The van der Waals surface area contributed by atoms with Gasteiger partial charge in [-0.2, -0.15) is 0 Å². The maximum Gasteiger partial charge on any atom is 0.276 e. The van der Waals surface area contributed by atoms with Gasteiger partial charge >= 0.3 is 0 Å². The number of hydrogen-bond donors (Lipinski definition) is 2. The zero-order chi connectivity index (χ0) is 13.7. The van der Waals surface area contributed by atoms with Crippen LogP contribution in [0.15, 0.2) is 24.5 Å². The lowest BCUT2D eigenvalue weighted by molar-refractivity contribution is -0.384. The van der Waals surface area contributed by atoms with Crippen molar-refractivity contribution in [3.05, 3.63) is 34.6 Å². The van der Waals surface area contributed by atoms with E-state index >= 15 is 0 Å². The molecule has 0 spiro atoms. The fourth-order valence-electron chi connectivity index (χ4n) is 1.54. The van der Waals surface area contributed by atoms with E-state index in [0.717, 1.165) is 6.42 Å². The van der Waals surface area contributed by atoms with Crippen LogP contribution in [0.1, 0.15) is 6.42 Å². The Bertz CT molecular complexity index is 555. The zero-order valence-corrected chi connectivity index (χ0v) is 10.1. The Balaban J connectivity index is 1.87. The van der Waals surface area contributed by atoms with Gasteiger partial charge in [-0.15, -0.1) is 5.10 Å². The summed E-state index contributed by atoms with van der Waals surface area (Å²) in [5.74, 6) is 0.512. The molecule has 9 nitrogen and oxygen atoms in total. The standard InChI is InChI=1S/C10H13N7O2/c11-9-6-8(17(18)19)7-10(14-9)12-2-1-4-16-5-3-13-15-16/h3,5-7H,1-2,4H2,(H3,11,12,14). The van der Waals surface area contributed by atoms with Crippen LogP contribution in [-0.4, -0.2) is 31.4 Å². The number of nitro groups is 1. The van der Waals surface area contributed by atoms with Gasteiger partial charge in [-0.25, -0.2) is 4.98 Å². The van der Waals surface area contributed by atoms with E-state index in [0.29, 0.717) is 18.9 Å². The smallest absolute Gasteiger partial charge is 0.276 e. The Morgan fingerprint density at radius 3 is 3.00 bits per heavy atom. The van der Waals surface area contributed by atoms with Gasteiger partial charge in [0.05, 0.1) is 23.3 Å². The van der Waals surface area contributed by atoms with Gasteiger partial charge in [0.2, 0.25) is 0 Å². The molecule has 2 heterocycles. The minimum atomic E-state index is -0.501. The molecule has 100 valence electrons. The fraction of sp³-hybridized carbons (Fsp3) is 0.300. The summed E-state index contributed by atoms with van der Waals surface area (Å²) in [7, 11) is 0. The van der Waals surface area contributed by atoms with Crippen LogP contribution in [0, 0.1) is 10.1 Å². The summed E-state index contributed by atoms with van der Waals surface area (Å²) in [6.45, 7) is 1.31. The summed E-state index contributed by atoms with van der Waals surface area (Å²) >= 11 is 0. The molecule has 0 amide bonds. The molecule has 0 fully saturated rings. The van der Waals surface area contributed by atoms with E-state index in [1.54, 1.807) is 17.1 Å². The van der Waals surface area contributed by atoms with Gasteiger partial charge in [0.1, 0.15) is 11.6 Å². The first kappa shape index (κ1) is 12.7. The normalized spacial score (nSPS) is 10.3. The molecule has 0 saturated heterocycles. The molecule has 0 saturated carbocycles. The third-order valence-electron chi connectivity index (χ3n) is 2.38. The van der Waals surface area contributed by atoms with Crippen molar-refractivity contribution in [2.45, 2.75) is 13.0 Å². The second-order valence-electron chi connectivity index (χ2n) is 3.84. The molecular formula is C10H13N7O2. The molecule has 0 aliphatic carbocycles. The molecular weight excluding hydrogens is 250 g/mol. The first-order chi connectivity index (χ1) is 9.15. The van der Waals surface area contributed by atoms with E-state index in [1.807, 2.05) is 0 Å². The molecule has 0 bridgehead atoms. The van der Waals surface area contributed by atoms with Crippen molar-refractivity contribution in [3.8, 4) is 0 Å². The quantitative estimate of drug-likeness (QED) is 0.445. The number of aromatic nitrogens is 4. The highest BCUT2D eigenvalue weighted by molar-refractivity contribution is 5.52. The number of hydrogen-bond acceptors (Lipinski definition) is 7. The molecule has 9 heteroatoms. The summed E-state index contributed by atoms with van der Waals surface area (Å²) in [5.41, 5.74) is 5.42. The molecule has 0 unspecified atom stereocenters. The number of rotatable bonds is 6. The number of aryl methyl sites for hydroxylation is 1. The molecule has 2 rings (SSSR count). The SMILES string of the molecule is Nc1cc([N+](=O)[O-])cc(NCCCn2ccnn2)n1. The average molecular weight is 263 g/mol. The van der Waals surface area contributed by atoms with E-state index in [1.165, 1.54) is 12.1 Å². The van der Waals surface area contributed by atoms with Gasteiger partial charge in [0.25, 0.3) is 5.69 Å². The molecule has 2 aromatic heterocycles. The third kappa shape index (κ3) is 3.63. The van der Waals surface area contributed by atoms with Gasteiger partial charge in [0.15, 0.2) is 0 Å². The second kappa shape index (κ2) is 5.76. The molecule has 3 N–H and O–H groups in total. The van der Waals surface area contributed by atoms with E-state index in [9.17, 15) is 10.1 Å². The predicted molar refractivity (Wildman–Crippen MR) is 68.4 cm³/mol. The van der Waals surface area contributed by atoms with Gasteiger partial charge in [0, 0.05) is 19.3 Å². The van der Waals surface area contributed by atoms with Crippen molar-refractivity contribution in [3.63, 3.8) is 0 Å². The number of pyridine rings is 1. The predicted octanol–water partition coefficient (Wildman–Crippen LogP) is 0.666. The first-order valence-electron chi connectivity index (χ1n) is 5.65. The van der Waals surface area contributed by atoms with Gasteiger partial charge in [-0.1, -0.05) is 5.21 Å². The van der Waals surface area contributed by atoms with Crippen LogP contribution in [0.4, 0.5) is 17.3 Å². The summed E-state index contributed by atoms with van der Waals surface area (Å²) in [6, 6.07) is 2.58. The number of nitrogen functional groups attached to an aromatic ring is 1. The molecule has 0 aliphatic rings. The van der Waals surface area contributed by atoms with E-state index in [2.05, 4.69) is 20.6 Å². The van der Waals surface area contributed by atoms with Crippen molar-refractivity contribution in [1.82, 2.24) is 20.0 Å². The average Bonchev–Trinajstić information content (AvgIpc) is 2.87. The van der Waals surface area contributed by atoms with Crippen LogP contribution in [0.2, 0.25) is 0 Å². The van der Waals surface area contributed by atoms with Crippen LogP contribution in [0.25, 0.3) is 0 Å². The van der Waals surface area contributed by atoms with Crippen LogP contribution < -0.4 is 11.1 Å². The molecule has 0 aromatic carbocycles. The summed E-state index contributed by atoms with van der Waals surface area (Å²) < 4.78 is 1.71. The van der Waals surface area contributed by atoms with E-state index in [-0.39, 0.29) is 11.5 Å². The molecule has 0 radical (unpaired) electrons. The summed E-state index contributed by atoms with van der Waals surface area (Å²) in [6.07, 6.45) is 4.16. The number of nitrogens with two attached hydrogens (primary N) is 1. The Morgan fingerprint density at radius 1 is 1.47 bits per heavy atom. The Kier molecular flexibility index (Phi) is 3.86. The molecule has 0 aliphatic heterocycles. The lowest BCUT2D eigenvalue weighted by Gasteiger charge is -2.06. The lowest BCUT2D eigenvalue weighted by atomic mass is 10.3. The van der Waals surface area contributed by atoms with Crippen molar-refractivity contribution in [1.29, 1.82) is 0 Å². The van der Waals surface area contributed by atoms with E-state index < -0.39 is 4.92 Å². The van der Waals surface area contributed by atoms with Gasteiger partial charge < -0.3 is 11.1 Å². The highest BCUT2D eigenvalue weighted by Gasteiger charge is 2.09. The monoisotopic (exact) mass is 263 g/mol. The zero-order valence-electron chi connectivity index (χ0n) is 10.1. The maximum atomic E-state index is 10.7. The number of nitrogens with zero attached hydrogens (tertiary/aromatic N) is 5. The maximum absolute atomic E-state index is 10.7. The number of anilines is 2. The van der Waals surface area contributed by atoms with Gasteiger partial charge in [-0.3, -0.25) is 14.8 Å². The van der Waals surface area contributed by atoms with E-state index in [4.69, 9.17) is 5.73 Å². The highest BCUT2D eigenvalue weighted by Crippen LogP contribution is 2.18. The summed E-state index contributed by atoms with van der Waals surface area (Å²) in [5, 5.41) is 21.2. The van der Waals surface area contributed by atoms with Crippen LogP contribution in [-0.2, 0) is 6.54 Å². The largest absolute Gasteiger partial charge is 0.383 e. The molecule has 2 aromatic rings. The highest BCUT2D eigenvalue weighted by atomic mass is 16.6.